The Kier molecular flexibility index (Phi) is 7.63. The Bertz CT molecular complexity index is 1180. The Morgan fingerprint density at radius 1 is 1.12 bits per heavy atom. The number of carbonyl (C=O) groups is 1. The van der Waals surface area contributed by atoms with Crippen LogP contribution in [0.1, 0.15) is 41.7 Å². The van der Waals surface area contributed by atoms with Gasteiger partial charge in [0.1, 0.15) is 5.69 Å². The van der Waals surface area contributed by atoms with E-state index in [1.54, 1.807) is 31.1 Å². The minimum atomic E-state index is -1.42. The van der Waals surface area contributed by atoms with Crippen LogP contribution in [0.3, 0.4) is 0 Å². The summed E-state index contributed by atoms with van der Waals surface area (Å²) >= 11 is 2.70. The van der Waals surface area contributed by atoms with Crippen LogP contribution in [0.2, 0.25) is 0 Å². The fourth-order valence-corrected chi connectivity index (χ4v) is 5.45. The van der Waals surface area contributed by atoms with Gasteiger partial charge in [0, 0.05) is 28.6 Å². The number of benzene rings is 2. The molecule has 1 aliphatic rings. The first kappa shape index (κ1) is 24.7. The van der Waals surface area contributed by atoms with Gasteiger partial charge in [0.25, 0.3) is 5.91 Å². The number of nitrogens with one attached hydrogen (secondary N) is 2. The van der Waals surface area contributed by atoms with E-state index >= 15 is 0 Å². The normalized spacial score (nSPS) is 13.5. The fourth-order valence-electron chi connectivity index (χ4n) is 3.77. The average Bonchev–Trinajstić information content (AvgIpc) is 3.64. The molecular weight excluding hydrogens is 463 g/mol. The highest BCUT2D eigenvalue weighted by Crippen LogP contribution is 2.40. The quantitative estimate of drug-likeness (QED) is 0.327. The number of rotatable bonds is 9. The zero-order valence-electron chi connectivity index (χ0n) is 19.9. The Hall–Kier alpha value is -2.38. The third-order valence-corrected chi connectivity index (χ3v) is 7.42. The van der Waals surface area contributed by atoms with Gasteiger partial charge in [0.05, 0.1) is 16.2 Å². The zero-order valence-corrected chi connectivity index (χ0v) is 21.6. The Balaban J connectivity index is 1.59. The summed E-state index contributed by atoms with van der Waals surface area (Å²) in [4.78, 5) is 18.0. The summed E-state index contributed by atoms with van der Waals surface area (Å²) in [6, 6.07) is 16.2. The molecular formula is C25H28B2FN3OS2. The van der Waals surface area contributed by atoms with E-state index in [-0.39, 0.29) is 5.91 Å². The van der Waals surface area contributed by atoms with Crippen molar-refractivity contribution in [2.75, 3.05) is 23.4 Å². The molecule has 0 saturated heterocycles. The molecule has 1 saturated carbocycles. The van der Waals surface area contributed by atoms with Crippen LogP contribution in [-0.2, 0) is 0 Å². The number of carbonyl (C=O) groups excluding carboxylic acids is 1. The molecule has 174 valence electrons. The van der Waals surface area contributed by atoms with Gasteiger partial charge >= 0.3 is 0 Å². The Labute approximate surface area is 211 Å². The second-order valence-electron chi connectivity index (χ2n) is 8.78. The van der Waals surface area contributed by atoms with Crippen molar-refractivity contribution in [1.29, 1.82) is 0 Å². The van der Waals surface area contributed by atoms with Crippen molar-refractivity contribution in [1.82, 2.24) is 4.98 Å². The van der Waals surface area contributed by atoms with Gasteiger partial charge in [-0.1, -0.05) is 31.2 Å². The minimum absolute atomic E-state index is 0.287. The lowest BCUT2D eigenvalue weighted by molar-refractivity contribution is 0.101. The summed E-state index contributed by atoms with van der Waals surface area (Å²) in [5.41, 5.74) is 5.22. The summed E-state index contributed by atoms with van der Waals surface area (Å²) in [7, 11) is 4.82. The molecule has 4 nitrogen and oxygen atoms in total. The van der Waals surface area contributed by atoms with Gasteiger partial charge in [-0.25, -0.2) is 4.98 Å². The predicted octanol–water partition coefficient (Wildman–Crippen LogP) is 4.97. The third kappa shape index (κ3) is 6.19. The van der Waals surface area contributed by atoms with Crippen molar-refractivity contribution in [3.05, 3.63) is 66.0 Å². The number of thioether (sulfide) groups is 2. The molecule has 0 unspecified atom stereocenters. The molecule has 0 aliphatic heterocycles. The van der Waals surface area contributed by atoms with E-state index in [1.165, 1.54) is 34.1 Å². The maximum atomic E-state index is 14.1. The zero-order chi connectivity index (χ0) is 24.3. The van der Waals surface area contributed by atoms with Gasteiger partial charge in [0.2, 0.25) is 0 Å². The second kappa shape index (κ2) is 10.5. The maximum absolute atomic E-state index is 14.1. The average molecular weight is 491 g/mol. The molecule has 9 heteroatoms. The van der Waals surface area contributed by atoms with Crippen LogP contribution in [0.4, 0.5) is 15.8 Å². The fraction of sp³-hybridized carbons (Fsp3) is 0.280. The van der Waals surface area contributed by atoms with Crippen molar-refractivity contribution in [2.24, 2.45) is 0 Å². The van der Waals surface area contributed by atoms with Crippen LogP contribution in [0.25, 0.3) is 11.1 Å². The molecule has 0 radical (unpaired) electrons. The smallest absolute Gasteiger partial charge is 0.275 e. The number of amides is 1. The molecule has 3 aromatic rings. The molecule has 2 aromatic carbocycles. The Morgan fingerprint density at radius 2 is 1.85 bits per heavy atom. The molecule has 4 rings (SSSR count). The van der Waals surface area contributed by atoms with Crippen LogP contribution < -0.4 is 10.6 Å². The highest BCUT2D eigenvalue weighted by atomic mass is 32.2. The molecule has 0 atom stereocenters. The van der Waals surface area contributed by atoms with E-state index in [0.29, 0.717) is 11.4 Å². The topological polar surface area (TPSA) is 54.0 Å². The number of hydrogen-bond acceptors (Lipinski definition) is 5. The summed E-state index contributed by atoms with van der Waals surface area (Å²) < 4.78 is 14.1. The Morgan fingerprint density at radius 3 is 2.47 bits per heavy atom. The lowest BCUT2D eigenvalue weighted by Crippen LogP contribution is -2.18. The summed E-state index contributed by atoms with van der Waals surface area (Å²) in [6.45, 7) is 2.06. The lowest BCUT2D eigenvalue weighted by Gasteiger charge is -2.17. The molecule has 0 spiro atoms. The third-order valence-electron chi connectivity index (χ3n) is 5.53. The number of halogens is 1. The standard InChI is InChI=1S/C25H28B2FN3OS2/c1-3-33-22-12-18(17-8-6-16(7-9-17)15-4-5-15)14-30-23(22)24(32)31-21-13-19(34-25(26,27)28)10-11-20(21)29-2/h6-15,29H,3-5,26-27H2,1-2H3,(H,31,32). The van der Waals surface area contributed by atoms with E-state index in [0.717, 1.165) is 50.0 Å². The molecule has 34 heavy (non-hydrogen) atoms. The number of pyridine rings is 1. The van der Waals surface area contributed by atoms with Gasteiger partial charge in [-0.2, -0.15) is 0 Å². The monoisotopic (exact) mass is 491 g/mol. The van der Waals surface area contributed by atoms with E-state index in [1.807, 2.05) is 18.2 Å². The molecule has 1 heterocycles. The van der Waals surface area contributed by atoms with E-state index < -0.39 is 4.80 Å². The van der Waals surface area contributed by atoms with Crippen molar-refractivity contribution in [3.63, 3.8) is 0 Å². The number of hydrogen-bond donors (Lipinski definition) is 2. The SMILES string of the molecule is BC(B)(F)Sc1ccc(NC)c(NC(=O)c2ncc(-c3ccc(C4CC4)cc3)cc2SCC)c1. The lowest BCUT2D eigenvalue weighted by atomic mass is 9.83. The van der Waals surface area contributed by atoms with E-state index in [2.05, 4.69) is 46.8 Å². The largest absolute Gasteiger partial charge is 0.386 e. The van der Waals surface area contributed by atoms with Crippen LogP contribution in [-0.4, -0.2) is 44.2 Å². The van der Waals surface area contributed by atoms with Crippen LogP contribution in [0, 0.1) is 0 Å². The van der Waals surface area contributed by atoms with Crippen molar-refractivity contribution < 1.29 is 9.18 Å². The number of alkyl halides is 1. The first-order chi connectivity index (χ1) is 16.3. The van der Waals surface area contributed by atoms with Gasteiger partial charge in [-0.05, 0) is 59.9 Å². The first-order valence-electron chi connectivity index (χ1n) is 11.5. The van der Waals surface area contributed by atoms with Crippen molar-refractivity contribution in [2.45, 2.75) is 40.3 Å². The molecule has 1 fully saturated rings. The van der Waals surface area contributed by atoms with Crippen LogP contribution >= 0.6 is 23.5 Å². The maximum Gasteiger partial charge on any atom is 0.275 e. The molecule has 1 aliphatic carbocycles. The number of nitrogens with zero attached hydrogens (tertiary/aromatic N) is 1. The van der Waals surface area contributed by atoms with E-state index in [4.69, 9.17) is 0 Å². The molecule has 2 N–H and O–H groups in total. The molecule has 1 amide bonds. The van der Waals surface area contributed by atoms with Gasteiger partial charge in [-0.15, -0.1) is 23.5 Å². The predicted molar refractivity (Wildman–Crippen MR) is 149 cm³/mol. The van der Waals surface area contributed by atoms with Gasteiger partial charge in [-0.3, -0.25) is 9.18 Å². The summed E-state index contributed by atoms with van der Waals surface area (Å²) in [5.74, 6) is 1.26. The molecule has 1 aromatic heterocycles. The van der Waals surface area contributed by atoms with Crippen molar-refractivity contribution >= 4 is 56.5 Å². The van der Waals surface area contributed by atoms with Crippen LogP contribution in [0.15, 0.2) is 64.5 Å². The van der Waals surface area contributed by atoms with Gasteiger partial charge < -0.3 is 10.6 Å². The first-order valence-corrected chi connectivity index (χ1v) is 13.3. The van der Waals surface area contributed by atoms with Gasteiger partial charge in [0.15, 0.2) is 15.7 Å². The summed E-state index contributed by atoms with van der Waals surface area (Å²) in [5, 5.41) is 6.06. The summed E-state index contributed by atoms with van der Waals surface area (Å²) in [6.07, 6.45) is 4.33. The van der Waals surface area contributed by atoms with Crippen LogP contribution in [0.5, 0.6) is 0 Å². The molecule has 0 bridgehead atoms. The second-order valence-corrected chi connectivity index (χ2v) is 11.7. The number of anilines is 2. The van der Waals surface area contributed by atoms with Crippen molar-refractivity contribution in [3.8, 4) is 11.1 Å². The number of aromatic nitrogens is 1. The minimum Gasteiger partial charge on any atom is -0.386 e. The highest BCUT2D eigenvalue weighted by Gasteiger charge is 2.23. The van der Waals surface area contributed by atoms with E-state index in [9.17, 15) is 9.18 Å². The highest BCUT2D eigenvalue weighted by molar-refractivity contribution is 8.02.